The molecular weight excluding hydrogens is 632 g/mol. The summed E-state index contributed by atoms with van der Waals surface area (Å²) in [6.45, 7) is 3.95. The first-order valence-electron chi connectivity index (χ1n) is 14.4. The van der Waals surface area contributed by atoms with Crippen LogP contribution in [0.5, 0.6) is 17.2 Å². The van der Waals surface area contributed by atoms with Crippen LogP contribution < -0.4 is 14.2 Å². The molecule has 0 radical (unpaired) electrons. The van der Waals surface area contributed by atoms with E-state index in [0.29, 0.717) is 46.3 Å². The first-order chi connectivity index (χ1) is 22.1. The number of amides is 1. The van der Waals surface area contributed by atoms with Crippen LogP contribution in [-0.2, 0) is 12.3 Å². The summed E-state index contributed by atoms with van der Waals surface area (Å²) in [6.07, 6.45) is 0. The molecule has 3 aromatic carbocycles. The van der Waals surface area contributed by atoms with Crippen LogP contribution >= 0.6 is 34.7 Å². The van der Waals surface area contributed by atoms with Crippen molar-refractivity contribution >= 4 is 40.6 Å². The highest BCUT2D eigenvalue weighted by atomic mass is 35.5. The van der Waals surface area contributed by atoms with Gasteiger partial charge in [0, 0.05) is 43.7 Å². The zero-order valence-corrected chi connectivity index (χ0v) is 26.8. The number of carbonyl (C=O) groups is 1. The van der Waals surface area contributed by atoms with E-state index in [1.54, 1.807) is 7.11 Å². The second kappa shape index (κ2) is 13.1. The van der Waals surface area contributed by atoms with Gasteiger partial charge in [0.1, 0.15) is 16.5 Å². The van der Waals surface area contributed by atoms with Crippen molar-refractivity contribution in [2.45, 2.75) is 17.5 Å². The zero-order chi connectivity index (χ0) is 30.8. The van der Waals surface area contributed by atoms with Gasteiger partial charge in [-0.25, -0.2) is 4.98 Å². The Bertz CT molecular complexity index is 1840. The monoisotopic (exact) mass is 660 g/mol. The van der Waals surface area contributed by atoms with Crippen LogP contribution in [0, 0.1) is 0 Å². The number of fused-ring (bicyclic) bond motifs is 1. The number of thioether (sulfide) groups is 1. The maximum absolute atomic E-state index is 13.3. The number of aromatic nitrogens is 4. The molecule has 2 aliphatic rings. The second-order valence-corrected chi connectivity index (χ2v) is 12.8. The SMILES string of the molecule is COc1ccccc1-n1c(SCc2nc(C(=O)N3CCN(Cc4ccc5c(c4)OCO5)CC3)cs2)nnc1-c1ccccc1Cl. The fourth-order valence-corrected chi connectivity index (χ4v) is 7.33. The standard InChI is InChI=1S/C32H29ClN6O4S2/c1-41-26-9-5-4-8-25(26)39-30(22-6-2-3-7-23(22)33)35-36-32(39)45-19-29-34-24(18-44-29)31(40)38-14-12-37(13-15-38)17-21-10-11-27-28(16-21)43-20-42-27/h2-11,16,18H,12-15,17,19-20H2,1H3. The van der Waals surface area contributed by atoms with E-state index in [1.807, 2.05) is 75.5 Å². The number of thiazole rings is 1. The molecule has 0 spiro atoms. The molecule has 1 saturated heterocycles. The molecule has 1 amide bonds. The minimum atomic E-state index is -0.0385. The Kier molecular flexibility index (Phi) is 8.61. The van der Waals surface area contributed by atoms with E-state index < -0.39 is 0 Å². The summed E-state index contributed by atoms with van der Waals surface area (Å²) in [5.41, 5.74) is 3.21. The van der Waals surface area contributed by atoms with E-state index in [9.17, 15) is 4.79 Å². The Morgan fingerprint density at radius 3 is 2.64 bits per heavy atom. The van der Waals surface area contributed by atoms with Gasteiger partial charge in [0.2, 0.25) is 6.79 Å². The molecule has 0 unspecified atom stereocenters. The molecule has 1 fully saturated rings. The summed E-state index contributed by atoms with van der Waals surface area (Å²) in [7, 11) is 1.64. The van der Waals surface area contributed by atoms with Crippen molar-refractivity contribution in [3.05, 3.63) is 93.4 Å². The Balaban J connectivity index is 1.01. The average Bonchev–Trinajstić information content (AvgIpc) is 3.84. The normalized spacial score (nSPS) is 14.6. The summed E-state index contributed by atoms with van der Waals surface area (Å²) in [5.74, 6) is 3.36. The van der Waals surface area contributed by atoms with Crippen LogP contribution in [0.4, 0.5) is 0 Å². The number of hydrogen-bond acceptors (Lipinski definition) is 10. The number of halogens is 1. The zero-order valence-electron chi connectivity index (χ0n) is 24.4. The molecule has 2 aromatic heterocycles. The number of hydrogen-bond donors (Lipinski definition) is 0. The lowest BCUT2D eigenvalue weighted by atomic mass is 10.1. The largest absolute Gasteiger partial charge is 0.495 e. The quantitative estimate of drug-likeness (QED) is 0.176. The van der Waals surface area contributed by atoms with Gasteiger partial charge in [0.25, 0.3) is 5.91 Å². The number of piperazine rings is 1. The molecule has 10 nitrogen and oxygen atoms in total. The van der Waals surface area contributed by atoms with Crippen molar-refractivity contribution in [2.24, 2.45) is 0 Å². The molecule has 4 heterocycles. The molecule has 0 atom stereocenters. The molecule has 13 heteroatoms. The Morgan fingerprint density at radius 2 is 1.80 bits per heavy atom. The molecule has 0 saturated carbocycles. The fraction of sp³-hybridized carbons (Fsp3) is 0.250. The van der Waals surface area contributed by atoms with Crippen molar-refractivity contribution < 1.29 is 19.0 Å². The molecule has 0 N–H and O–H groups in total. The number of benzene rings is 3. The third-order valence-electron chi connectivity index (χ3n) is 7.67. The lowest BCUT2D eigenvalue weighted by Crippen LogP contribution is -2.48. The van der Waals surface area contributed by atoms with Gasteiger partial charge in [-0.2, -0.15) is 0 Å². The van der Waals surface area contributed by atoms with Crippen LogP contribution in [0.15, 0.2) is 77.3 Å². The van der Waals surface area contributed by atoms with Gasteiger partial charge in [0.05, 0.1) is 23.6 Å². The maximum atomic E-state index is 13.3. The Morgan fingerprint density at radius 1 is 1.00 bits per heavy atom. The van der Waals surface area contributed by atoms with Gasteiger partial charge < -0.3 is 19.1 Å². The molecule has 5 aromatic rings. The number of rotatable bonds is 9. The minimum absolute atomic E-state index is 0.0385. The van der Waals surface area contributed by atoms with E-state index in [1.165, 1.54) is 28.7 Å². The highest BCUT2D eigenvalue weighted by Crippen LogP contribution is 2.36. The molecule has 0 bridgehead atoms. The van der Waals surface area contributed by atoms with Crippen LogP contribution in [0.25, 0.3) is 17.1 Å². The minimum Gasteiger partial charge on any atom is -0.495 e. The van der Waals surface area contributed by atoms with Gasteiger partial charge in [-0.05, 0) is 42.0 Å². The van der Waals surface area contributed by atoms with E-state index >= 15 is 0 Å². The molecule has 7 rings (SSSR count). The number of carbonyl (C=O) groups excluding carboxylic acids is 1. The van der Waals surface area contributed by atoms with Crippen LogP contribution in [0.2, 0.25) is 5.02 Å². The maximum Gasteiger partial charge on any atom is 0.273 e. The summed E-state index contributed by atoms with van der Waals surface area (Å²) < 4.78 is 18.5. The fourth-order valence-electron chi connectivity index (χ4n) is 5.38. The lowest BCUT2D eigenvalue weighted by Gasteiger charge is -2.34. The van der Waals surface area contributed by atoms with Crippen LogP contribution in [-0.4, -0.2) is 75.5 Å². The molecular formula is C32H29ClN6O4S2. The highest BCUT2D eigenvalue weighted by Gasteiger charge is 2.25. The van der Waals surface area contributed by atoms with Gasteiger partial charge in [0.15, 0.2) is 22.5 Å². The smallest absolute Gasteiger partial charge is 0.273 e. The summed E-state index contributed by atoms with van der Waals surface area (Å²) >= 11 is 9.53. The van der Waals surface area contributed by atoms with Gasteiger partial charge in [-0.3, -0.25) is 14.3 Å². The predicted octanol–water partition coefficient (Wildman–Crippen LogP) is 6.03. The third-order valence-corrected chi connectivity index (χ3v) is 9.97. The summed E-state index contributed by atoms with van der Waals surface area (Å²) in [5, 5.41) is 12.9. The van der Waals surface area contributed by atoms with Gasteiger partial charge in [-0.1, -0.05) is 53.7 Å². The van der Waals surface area contributed by atoms with E-state index in [2.05, 4.69) is 21.2 Å². The van der Waals surface area contributed by atoms with Crippen LogP contribution in [0.3, 0.4) is 0 Å². The second-order valence-electron chi connectivity index (χ2n) is 10.5. The molecule has 0 aliphatic carbocycles. The van der Waals surface area contributed by atoms with Crippen LogP contribution in [0.1, 0.15) is 21.1 Å². The van der Waals surface area contributed by atoms with Gasteiger partial charge >= 0.3 is 0 Å². The number of nitrogens with zero attached hydrogens (tertiary/aromatic N) is 6. The van der Waals surface area contributed by atoms with Crippen molar-refractivity contribution in [3.63, 3.8) is 0 Å². The third kappa shape index (κ3) is 6.23. The molecule has 45 heavy (non-hydrogen) atoms. The number of ether oxygens (including phenoxy) is 3. The summed E-state index contributed by atoms with van der Waals surface area (Å²) in [4.78, 5) is 22.3. The predicted molar refractivity (Wildman–Crippen MR) is 174 cm³/mol. The topological polar surface area (TPSA) is 94.8 Å². The average molecular weight is 661 g/mol. The molecule has 230 valence electrons. The molecule has 2 aliphatic heterocycles. The van der Waals surface area contributed by atoms with E-state index in [0.717, 1.165) is 47.4 Å². The Hall–Kier alpha value is -4.10. The number of para-hydroxylation sites is 2. The first-order valence-corrected chi connectivity index (χ1v) is 16.6. The van der Waals surface area contributed by atoms with Crippen molar-refractivity contribution in [1.29, 1.82) is 0 Å². The van der Waals surface area contributed by atoms with E-state index in [4.69, 9.17) is 30.8 Å². The lowest BCUT2D eigenvalue weighted by molar-refractivity contribution is 0.0623. The highest BCUT2D eigenvalue weighted by molar-refractivity contribution is 7.98. The summed E-state index contributed by atoms with van der Waals surface area (Å²) in [6, 6.07) is 21.3. The van der Waals surface area contributed by atoms with Gasteiger partial charge in [-0.15, -0.1) is 21.5 Å². The van der Waals surface area contributed by atoms with Crippen molar-refractivity contribution in [2.75, 3.05) is 40.1 Å². The van der Waals surface area contributed by atoms with E-state index in [-0.39, 0.29) is 12.7 Å². The van der Waals surface area contributed by atoms with Crippen molar-refractivity contribution in [1.82, 2.24) is 29.5 Å². The number of methoxy groups -OCH3 is 1. The van der Waals surface area contributed by atoms with Crippen molar-refractivity contribution in [3.8, 4) is 34.3 Å². The first kappa shape index (κ1) is 29.6. The Labute approximate surface area is 273 Å².